The molecule has 1 saturated heterocycles. The smallest absolute Gasteiger partial charge is 0.239 e. The monoisotopic (exact) mass is 400 g/mol. The molecule has 1 atom stereocenters. The second kappa shape index (κ2) is 9.22. The highest BCUT2D eigenvalue weighted by Crippen LogP contribution is 2.26. The van der Waals surface area contributed by atoms with E-state index in [4.69, 9.17) is 16.3 Å². The largest absolute Gasteiger partial charge is 0.374 e. The normalized spacial score (nSPS) is 16.6. The van der Waals surface area contributed by atoms with Crippen molar-refractivity contribution in [2.24, 2.45) is 5.92 Å². The molecule has 0 bridgehead atoms. The van der Waals surface area contributed by atoms with Crippen LogP contribution in [0.3, 0.4) is 0 Å². The molecule has 0 aromatic heterocycles. The molecular weight excluding hydrogens is 376 g/mol. The van der Waals surface area contributed by atoms with Crippen LogP contribution in [0.1, 0.15) is 31.4 Å². The van der Waals surface area contributed by atoms with Crippen molar-refractivity contribution in [1.82, 2.24) is 5.32 Å². The Labute approximate surface area is 170 Å². The van der Waals surface area contributed by atoms with Gasteiger partial charge >= 0.3 is 0 Å². The highest BCUT2D eigenvalue weighted by atomic mass is 35.5. The van der Waals surface area contributed by atoms with E-state index in [1.165, 1.54) is 0 Å². The number of hydrogen-bond donors (Lipinski definition) is 1. The summed E-state index contributed by atoms with van der Waals surface area (Å²) in [5, 5.41) is 3.50. The van der Waals surface area contributed by atoms with Gasteiger partial charge in [-0.1, -0.05) is 35.9 Å². The van der Waals surface area contributed by atoms with Crippen LogP contribution in [-0.4, -0.2) is 24.5 Å². The van der Waals surface area contributed by atoms with Gasteiger partial charge in [-0.05, 0) is 55.7 Å². The summed E-state index contributed by atoms with van der Waals surface area (Å²) in [5.74, 6) is -1.04. The highest BCUT2D eigenvalue weighted by molar-refractivity contribution is 6.30. The van der Waals surface area contributed by atoms with Crippen LogP contribution in [0.4, 0.5) is 5.69 Å². The Kier molecular flexibility index (Phi) is 6.70. The maximum absolute atomic E-state index is 12.6. The molecule has 0 spiro atoms. The van der Waals surface area contributed by atoms with Crippen LogP contribution >= 0.6 is 11.6 Å². The predicted octanol–water partition coefficient (Wildman–Crippen LogP) is 3.93. The van der Waals surface area contributed by atoms with Crippen molar-refractivity contribution < 1.29 is 14.3 Å². The van der Waals surface area contributed by atoms with Crippen molar-refractivity contribution in [1.29, 1.82) is 0 Å². The molecule has 0 aliphatic carbocycles. The van der Waals surface area contributed by atoms with E-state index in [0.29, 0.717) is 31.1 Å². The number of nitrogens with one attached hydrogen (secondary N) is 1. The molecule has 148 valence electrons. The maximum atomic E-state index is 12.6. The van der Waals surface area contributed by atoms with Crippen LogP contribution in [-0.2, 0) is 27.5 Å². The van der Waals surface area contributed by atoms with Crippen molar-refractivity contribution >= 4 is 29.1 Å². The Morgan fingerprint density at radius 2 is 1.79 bits per heavy atom. The van der Waals surface area contributed by atoms with E-state index in [-0.39, 0.29) is 17.9 Å². The zero-order chi connectivity index (χ0) is 20.1. The van der Waals surface area contributed by atoms with Gasteiger partial charge in [0.05, 0.1) is 12.7 Å². The second-order valence-electron chi connectivity index (χ2n) is 7.20. The van der Waals surface area contributed by atoms with Crippen molar-refractivity contribution in [3.05, 3.63) is 64.7 Å². The first-order valence-electron chi connectivity index (χ1n) is 9.48. The number of halogens is 1. The Hall–Kier alpha value is -2.37. The van der Waals surface area contributed by atoms with Crippen molar-refractivity contribution in [2.45, 2.75) is 39.5 Å². The quantitative estimate of drug-likeness (QED) is 0.716. The summed E-state index contributed by atoms with van der Waals surface area (Å²) in [5.41, 5.74) is 2.85. The fraction of sp³-hybridized carbons (Fsp3) is 0.364. The van der Waals surface area contributed by atoms with E-state index in [9.17, 15) is 9.59 Å². The fourth-order valence-electron chi connectivity index (χ4n) is 3.13. The lowest BCUT2D eigenvalue weighted by atomic mass is 10.1. The molecule has 2 aromatic rings. The minimum Gasteiger partial charge on any atom is -0.374 e. The van der Waals surface area contributed by atoms with E-state index < -0.39 is 5.92 Å². The Morgan fingerprint density at radius 3 is 2.43 bits per heavy atom. The highest BCUT2D eigenvalue weighted by Gasteiger charge is 2.37. The number of carbonyl (C=O) groups excluding carboxylic acids is 2. The van der Waals surface area contributed by atoms with E-state index in [2.05, 4.69) is 5.32 Å². The third kappa shape index (κ3) is 5.12. The molecule has 0 radical (unpaired) electrons. The van der Waals surface area contributed by atoms with Gasteiger partial charge in [0.1, 0.15) is 5.92 Å². The third-order valence-electron chi connectivity index (χ3n) is 4.73. The number of amides is 2. The van der Waals surface area contributed by atoms with E-state index in [1.54, 1.807) is 29.2 Å². The number of nitrogens with zero attached hydrogens (tertiary/aromatic N) is 1. The summed E-state index contributed by atoms with van der Waals surface area (Å²) >= 11 is 5.90. The fourth-order valence-corrected chi connectivity index (χ4v) is 3.26. The van der Waals surface area contributed by atoms with Gasteiger partial charge in [0.2, 0.25) is 11.8 Å². The van der Waals surface area contributed by atoms with Gasteiger partial charge in [-0.25, -0.2) is 0 Å². The van der Waals surface area contributed by atoms with Gasteiger partial charge in [-0.3, -0.25) is 9.59 Å². The molecule has 0 saturated carbocycles. The Morgan fingerprint density at radius 1 is 1.14 bits per heavy atom. The summed E-state index contributed by atoms with van der Waals surface area (Å²) in [6, 6.07) is 15.0. The molecule has 1 N–H and O–H groups in total. The molecule has 28 heavy (non-hydrogen) atoms. The van der Waals surface area contributed by atoms with Crippen LogP contribution < -0.4 is 10.2 Å². The Bertz CT molecular complexity index is 819. The van der Waals surface area contributed by atoms with E-state index in [1.807, 2.05) is 38.1 Å². The second-order valence-corrected chi connectivity index (χ2v) is 7.64. The molecule has 2 amide bonds. The number of ether oxygens (including phenoxy) is 1. The van der Waals surface area contributed by atoms with Gasteiger partial charge in [-0.2, -0.15) is 0 Å². The molecule has 1 heterocycles. The maximum Gasteiger partial charge on any atom is 0.239 e. The van der Waals surface area contributed by atoms with Crippen LogP contribution in [0, 0.1) is 5.92 Å². The van der Waals surface area contributed by atoms with E-state index in [0.717, 1.165) is 16.8 Å². The first kappa shape index (κ1) is 20.4. The number of anilines is 1. The van der Waals surface area contributed by atoms with Crippen LogP contribution in [0.15, 0.2) is 48.5 Å². The molecule has 1 unspecified atom stereocenters. The average molecular weight is 401 g/mol. The lowest BCUT2D eigenvalue weighted by Crippen LogP contribution is -2.36. The predicted molar refractivity (Wildman–Crippen MR) is 110 cm³/mol. The minimum absolute atomic E-state index is 0.166. The molecule has 5 nitrogen and oxygen atoms in total. The number of rotatable bonds is 7. The first-order chi connectivity index (χ1) is 13.4. The summed E-state index contributed by atoms with van der Waals surface area (Å²) < 4.78 is 5.58. The molecule has 1 aliphatic heterocycles. The molecule has 6 heteroatoms. The zero-order valence-corrected chi connectivity index (χ0v) is 16.9. The number of carbonyl (C=O) groups is 2. The van der Waals surface area contributed by atoms with Gasteiger partial charge in [0.25, 0.3) is 0 Å². The molecular formula is C22H25ClN2O3. The Balaban J connectivity index is 1.52. The molecule has 2 aromatic carbocycles. The summed E-state index contributed by atoms with van der Waals surface area (Å²) in [7, 11) is 0. The van der Waals surface area contributed by atoms with Crippen LogP contribution in [0.2, 0.25) is 5.02 Å². The molecule has 1 fully saturated rings. The van der Waals surface area contributed by atoms with Crippen molar-refractivity contribution in [2.75, 3.05) is 11.4 Å². The number of hydrogen-bond acceptors (Lipinski definition) is 3. The topological polar surface area (TPSA) is 58.6 Å². The van der Waals surface area contributed by atoms with Crippen molar-refractivity contribution in [3.8, 4) is 0 Å². The summed E-state index contributed by atoms with van der Waals surface area (Å²) in [4.78, 5) is 26.8. The van der Waals surface area contributed by atoms with Crippen LogP contribution in [0.25, 0.3) is 0 Å². The van der Waals surface area contributed by atoms with Gasteiger partial charge in [0, 0.05) is 23.8 Å². The summed E-state index contributed by atoms with van der Waals surface area (Å²) in [6.07, 6.45) is 0.703. The van der Waals surface area contributed by atoms with Crippen LogP contribution in [0.5, 0.6) is 0 Å². The average Bonchev–Trinajstić information content (AvgIpc) is 3.07. The van der Waals surface area contributed by atoms with Gasteiger partial charge in [0.15, 0.2) is 0 Å². The first-order valence-corrected chi connectivity index (χ1v) is 9.86. The summed E-state index contributed by atoms with van der Waals surface area (Å²) in [6.45, 7) is 5.50. The molecule has 1 aliphatic rings. The SMILES string of the molecule is CC(C)OCc1ccc(CNC(=O)C2CCN(c3ccc(Cl)cc3)C2=O)cc1. The lowest BCUT2D eigenvalue weighted by molar-refractivity contribution is -0.132. The zero-order valence-electron chi connectivity index (χ0n) is 16.2. The minimum atomic E-state index is -0.644. The molecule has 3 rings (SSSR count). The van der Waals surface area contributed by atoms with E-state index >= 15 is 0 Å². The van der Waals surface area contributed by atoms with Crippen molar-refractivity contribution in [3.63, 3.8) is 0 Å². The third-order valence-corrected chi connectivity index (χ3v) is 4.99. The van der Waals surface area contributed by atoms with Gasteiger partial charge in [-0.15, -0.1) is 0 Å². The number of benzene rings is 2. The van der Waals surface area contributed by atoms with Gasteiger partial charge < -0.3 is 15.0 Å². The standard InChI is InChI=1S/C22H25ClN2O3/c1-15(2)28-14-17-5-3-16(4-6-17)13-24-21(26)20-11-12-25(22(20)27)19-9-7-18(23)8-10-19/h3-10,15,20H,11-14H2,1-2H3,(H,24,26). The lowest BCUT2D eigenvalue weighted by Gasteiger charge is -2.17.